The number of nitrogens with zero attached hydrogens (tertiary/aromatic N) is 2. The van der Waals surface area contributed by atoms with Crippen molar-refractivity contribution in [3.05, 3.63) is 53.4 Å². The van der Waals surface area contributed by atoms with E-state index in [-0.39, 0.29) is 12.1 Å². The minimum Gasteiger partial charge on any atom is -0.300 e. The number of aliphatic imine (C=N–C) groups is 1. The fourth-order valence-corrected chi connectivity index (χ4v) is 2.96. The molecule has 2 unspecified atom stereocenters. The Balaban J connectivity index is 0.00000116. The van der Waals surface area contributed by atoms with E-state index in [2.05, 4.69) is 50.4 Å². The van der Waals surface area contributed by atoms with Crippen molar-refractivity contribution >= 4 is 21.6 Å². The Hall–Kier alpha value is -1.26. The second kappa shape index (κ2) is 9.70. The largest absolute Gasteiger partial charge is 0.300 e. The quantitative estimate of drug-likeness (QED) is 0.588. The smallest absolute Gasteiger partial charge is 0.106 e. The molecule has 1 aliphatic rings. The average molecular weight is 364 g/mol. The zero-order valence-corrected chi connectivity index (χ0v) is 15.4. The summed E-state index contributed by atoms with van der Waals surface area (Å²) in [5, 5.41) is 3.64. The number of halogens is 1. The maximum absolute atomic E-state index is 4.55. The van der Waals surface area contributed by atoms with Crippen molar-refractivity contribution < 1.29 is 0 Å². The molecule has 22 heavy (non-hydrogen) atoms. The van der Waals surface area contributed by atoms with Crippen LogP contribution in [0.15, 0.2) is 52.7 Å². The molecule has 2 atom stereocenters. The third-order valence-electron chi connectivity index (χ3n) is 3.48. The first-order valence-corrected chi connectivity index (χ1v) is 8.64. The van der Waals surface area contributed by atoms with Gasteiger partial charge in [-0.2, -0.15) is 0 Å². The molecular formula is C18H26BrN3. The third kappa shape index (κ3) is 5.18. The Morgan fingerprint density at radius 2 is 2.14 bits per heavy atom. The minimum atomic E-state index is 0.227. The van der Waals surface area contributed by atoms with Crippen molar-refractivity contribution in [2.24, 2.45) is 4.99 Å². The summed E-state index contributed by atoms with van der Waals surface area (Å²) in [6.07, 6.45) is 4.91. The molecular weight excluding hydrogens is 338 g/mol. The summed E-state index contributed by atoms with van der Waals surface area (Å²) in [5.74, 6) is 0. The van der Waals surface area contributed by atoms with E-state index < -0.39 is 0 Å². The molecule has 1 aliphatic heterocycles. The first-order valence-electron chi connectivity index (χ1n) is 7.85. The second-order valence-electron chi connectivity index (χ2n) is 5.07. The molecule has 0 aliphatic carbocycles. The lowest BCUT2D eigenvalue weighted by molar-refractivity contribution is 0.370. The van der Waals surface area contributed by atoms with Gasteiger partial charge in [-0.3, -0.25) is 4.99 Å². The molecule has 1 aromatic heterocycles. The molecule has 0 saturated carbocycles. The fraction of sp³-hybridized carbons (Fsp3) is 0.444. The molecule has 4 heteroatoms. The molecule has 0 aromatic carbocycles. The summed E-state index contributed by atoms with van der Waals surface area (Å²) < 4.78 is 0.874. The molecule has 0 bridgehead atoms. The molecule has 0 radical (unpaired) electrons. The Morgan fingerprint density at radius 1 is 1.41 bits per heavy atom. The number of hydrogen-bond acceptors (Lipinski definition) is 3. The van der Waals surface area contributed by atoms with E-state index in [1.54, 1.807) is 6.20 Å². The first kappa shape index (κ1) is 18.8. The lowest BCUT2D eigenvalue weighted by atomic mass is 9.91. The van der Waals surface area contributed by atoms with Gasteiger partial charge in [-0.1, -0.05) is 33.1 Å². The van der Waals surface area contributed by atoms with E-state index in [4.69, 9.17) is 0 Å². The monoisotopic (exact) mass is 363 g/mol. The van der Waals surface area contributed by atoms with Gasteiger partial charge in [0.1, 0.15) is 4.60 Å². The predicted octanol–water partition coefficient (Wildman–Crippen LogP) is 5.21. The molecule has 0 amide bonds. The van der Waals surface area contributed by atoms with Crippen LogP contribution < -0.4 is 5.32 Å². The van der Waals surface area contributed by atoms with Crippen molar-refractivity contribution in [3.63, 3.8) is 0 Å². The third-order valence-corrected chi connectivity index (χ3v) is 3.92. The number of rotatable bonds is 4. The Bertz CT molecular complexity index is 537. The van der Waals surface area contributed by atoms with E-state index in [0.29, 0.717) is 0 Å². The summed E-state index contributed by atoms with van der Waals surface area (Å²) >= 11 is 3.43. The van der Waals surface area contributed by atoms with Crippen molar-refractivity contribution in [2.75, 3.05) is 0 Å². The van der Waals surface area contributed by atoms with Gasteiger partial charge in [0.2, 0.25) is 0 Å². The van der Waals surface area contributed by atoms with E-state index >= 15 is 0 Å². The van der Waals surface area contributed by atoms with Crippen LogP contribution in [0.3, 0.4) is 0 Å². The SMILES string of the molecule is C=CN=C(C(=C)C)C1CCCC(c2cccc(Br)n2)N1.CC. The molecule has 3 nitrogen and oxygen atoms in total. The number of piperidine rings is 1. The van der Waals surface area contributed by atoms with Gasteiger partial charge in [-0.25, -0.2) is 4.98 Å². The molecule has 2 rings (SSSR count). The summed E-state index contributed by atoms with van der Waals surface area (Å²) in [6.45, 7) is 13.7. The van der Waals surface area contributed by atoms with Gasteiger partial charge in [-0.05, 0) is 59.8 Å². The molecule has 0 spiro atoms. The average Bonchev–Trinajstić information content (AvgIpc) is 2.54. The van der Waals surface area contributed by atoms with Crippen molar-refractivity contribution in [1.82, 2.24) is 10.3 Å². The van der Waals surface area contributed by atoms with Crippen molar-refractivity contribution in [1.29, 1.82) is 0 Å². The van der Waals surface area contributed by atoms with Crippen LogP contribution in [0.2, 0.25) is 0 Å². The standard InChI is InChI=1S/C16H20BrN3.C2H6/c1-4-18-16(11(2)3)14-9-5-7-12(19-14)13-8-6-10-15(17)20-13;1-2/h4,6,8,10,12,14,19H,1-2,5,7,9H2,3H3;1-2H3. The van der Waals surface area contributed by atoms with E-state index in [9.17, 15) is 0 Å². The zero-order valence-electron chi connectivity index (χ0n) is 13.8. The van der Waals surface area contributed by atoms with E-state index in [1.165, 1.54) is 0 Å². The highest BCUT2D eigenvalue weighted by atomic mass is 79.9. The second-order valence-corrected chi connectivity index (χ2v) is 5.88. The number of aromatic nitrogens is 1. The molecule has 1 N–H and O–H groups in total. The van der Waals surface area contributed by atoms with Crippen LogP contribution in [-0.2, 0) is 0 Å². The van der Waals surface area contributed by atoms with E-state index in [0.717, 1.165) is 40.8 Å². The van der Waals surface area contributed by atoms with Gasteiger partial charge in [0, 0.05) is 6.20 Å². The van der Waals surface area contributed by atoms with Crippen LogP contribution in [0, 0.1) is 0 Å². The van der Waals surface area contributed by atoms with Gasteiger partial charge in [0.15, 0.2) is 0 Å². The predicted molar refractivity (Wildman–Crippen MR) is 99.2 cm³/mol. The maximum Gasteiger partial charge on any atom is 0.106 e. The van der Waals surface area contributed by atoms with E-state index in [1.807, 2.05) is 32.9 Å². The summed E-state index contributed by atoms with van der Waals surface area (Å²) in [4.78, 5) is 8.94. The summed E-state index contributed by atoms with van der Waals surface area (Å²) in [5.41, 5.74) is 3.06. The number of pyridine rings is 1. The lowest BCUT2D eigenvalue weighted by Gasteiger charge is -2.31. The topological polar surface area (TPSA) is 37.3 Å². The first-order chi connectivity index (χ1) is 10.6. The number of hydrogen-bond donors (Lipinski definition) is 1. The van der Waals surface area contributed by atoms with Crippen LogP contribution in [0.5, 0.6) is 0 Å². The Labute approximate surface area is 142 Å². The van der Waals surface area contributed by atoms with Crippen LogP contribution in [0.25, 0.3) is 0 Å². The molecule has 1 fully saturated rings. The van der Waals surface area contributed by atoms with Gasteiger partial charge >= 0.3 is 0 Å². The van der Waals surface area contributed by atoms with Gasteiger partial charge in [0.05, 0.1) is 23.5 Å². The molecule has 120 valence electrons. The van der Waals surface area contributed by atoms with Crippen molar-refractivity contribution in [3.8, 4) is 0 Å². The lowest BCUT2D eigenvalue weighted by Crippen LogP contribution is -2.43. The zero-order chi connectivity index (χ0) is 16.5. The molecule has 1 aromatic rings. The highest BCUT2D eigenvalue weighted by Gasteiger charge is 2.26. The Kier molecular flexibility index (Phi) is 8.28. The van der Waals surface area contributed by atoms with Gasteiger partial charge in [-0.15, -0.1) is 0 Å². The Morgan fingerprint density at radius 3 is 2.73 bits per heavy atom. The van der Waals surface area contributed by atoms with Crippen molar-refractivity contribution in [2.45, 2.75) is 52.1 Å². The van der Waals surface area contributed by atoms with Gasteiger partial charge in [0.25, 0.3) is 0 Å². The molecule has 1 saturated heterocycles. The van der Waals surface area contributed by atoms with Crippen LogP contribution in [0.1, 0.15) is 51.8 Å². The van der Waals surface area contributed by atoms with Gasteiger partial charge < -0.3 is 5.32 Å². The number of nitrogens with one attached hydrogen (secondary N) is 1. The minimum absolute atomic E-state index is 0.227. The summed E-state index contributed by atoms with van der Waals surface area (Å²) in [7, 11) is 0. The maximum atomic E-state index is 4.55. The van der Waals surface area contributed by atoms with Crippen LogP contribution in [-0.4, -0.2) is 16.7 Å². The fourth-order valence-electron chi connectivity index (χ4n) is 2.60. The van der Waals surface area contributed by atoms with Crippen LogP contribution >= 0.6 is 15.9 Å². The normalized spacial score (nSPS) is 21.5. The molecule has 2 heterocycles. The highest BCUT2D eigenvalue weighted by molar-refractivity contribution is 9.10. The highest BCUT2D eigenvalue weighted by Crippen LogP contribution is 2.26. The summed E-state index contributed by atoms with van der Waals surface area (Å²) in [6, 6.07) is 6.53. The van der Waals surface area contributed by atoms with Crippen LogP contribution in [0.4, 0.5) is 0 Å².